The van der Waals surface area contributed by atoms with E-state index in [1.54, 1.807) is 12.1 Å². The van der Waals surface area contributed by atoms with Crippen LogP contribution in [0.15, 0.2) is 21.2 Å². The molecule has 0 saturated heterocycles. The lowest BCUT2D eigenvalue weighted by Crippen LogP contribution is -2.43. The number of carboxylic acids is 1. The van der Waals surface area contributed by atoms with Crippen molar-refractivity contribution in [3.05, 3.63) is 16.8 Å². The monoisotopic (exact) mass is 318 g/mol. The first-order valence-corrected chi connectivity index (χ1v) is 6.23. The Hall–Kier alpha value is -1.50. The molecule has 1 rings (SSSR count). The van der Waals surface area contributed by atoms with E-state index < -0.39 is 18.0 Å². The fraction of sp³-hybridized carbons (Fsp3) is 0.455. The molecule has 0 aliphatic carbocycles. The molecule has 0 radical (unpaired) electrons. The van der Waals surface area contributed by atoms with Gasteiger partial charge < -0.3 is 14.8 Å². The standard InChI is InChI=1S/C11H15BrN2O4/c1-6(2)5-7(10(15)16)13-11(17)14-9-4-3-8(12)18-9/h3-4,6-7H,5H2,1-2H3,(H,15,16)(H2,13,14,17). The number of halogens is 1. The summed E-state index contributed by atoms with van der Waals surface area (Å²) in [4.78, 5) is 22.5. The number of carbonyl (C=O) groups excluding carboxylic acids is 1. The SMILES string of the molecule is CC(C)CC(NC(=O)Nc1ccc(Br)o1)C(=O)O. The summed E-state index contributed by atoms with van der Waals surface area (Å²) in [6, 6.07) is 1.66. The lowest BCUT2D eigenvalue weighted by molar-refractivity contribution is -0.139. The van der Waals surface area contributed by atoms with E-state index in [4.69, 9.17) is 9.52 Å². The van der Waals surface area contributed by atoms with Crippen LogP contribution in [0.4, 0.5) is 10.7 Å². The minimum atomic E-state index is -1.06. The molecule has 1 aromatic rings. The first-order valence-electron chi connectivity index (χ1n) is 5.44. The Labute approximate surface area is 113 Å². The summed E-state index contributed by atoms with van der Waals surface area (Å²) < 4.78 is 5.56. The Bertz CT molecular complexity index is 430. The summed E-state index contributed by atoms with van der Waals surface area (Å²) in [6.45, 7) is 3.78. The van der Waals surface area contributed by atoms with Gasteiger partial charge in [-0.05, 0) is 34.3 Å². The number of anilines is 1. The van der Waals surface area contributed by atoms with Crippen LogP contribution in [-0.2, 0) is 4.79 Å². The van der Waals surface area contributed by atoms with Gasteiger partial charge >= 0.3 is 12.0 Å². The molecule has 1 unspecified atom stereocenters. The summed E-state index contributed by atoms with van der Waals surface area (Å²) in [5.41, 5.74) is 0. The van der Waals surface area contributed by atoms with Gasteiger partial charge in [0.15, 0.2) is 4.67 Å². The number of hydrogen-bond donors (Lipinski definition) is 3. The first-order chi connectivity index (χ1) is 8.38. The van der Waals surface area contributed by atoms with Crippen molar-refractivity contribution in [1.82, 2.24) is 5.32 Å². The molecular formula is C11H15BrN2O4. The van der Waals surface area contributed by atoms with E-state index in [-0.39, 0.29) is 11.8 Å². The number of carbonyl (C=O) groups is 2. The molecule has 1 aromatic heterocycles. The maximum atomic E-state index is 11.6. The van der Waals surface area contributed by atoms with Gasteiger partial charge in [0.05, 0.1) is 0 Å². The van der Waals surface area contributed by atoms with Crippen LogP contribution in [0, 0.1) is 5.92 Å². The number of furan rings is 1. The van der Waals surface area contributed by atoms with Crippen LogP contribution >= 0.6 is 15.9 Å². The highest BCUT2D eigenvalue weighted by Crippen LogP contribution is 2.18. The maximum absolute atomic E-state index is 11.6. The van der Waals surface area contributed by atoms with E-state index in [9.17, 15) is 9.59 Å². The quantitative estimate of drug-likeness (QED) is 0.778. The molecule has 100 valence electrons. The average Bonchev–Trinajstić information content (AvgIpc) is 2.62. The number of carboxylic acid groups (broad SMARTS) is 1. The summed E-state index contributed by atoms with van der Waals surface area (Å²) >= 11 is 3.10. The number of nitrogens with one attached hydrogen (secondary N) is 2. The third-order valence-corrected chi connectivity index (χ3v) is 2.55. The van der Waals surface area contributed by atoms with Gasteiger partial charge in [0, 0.05) is 6.07 Å². The Balaban J connectivity index is 2.53. The molecular weight excluding hydrogens is 304 g/mol. The molecule has 0 aliphatic heterocycles. The summed E-state index contributed by atoms with van der Waals surface area (Å²) in [7, 11) is 0. The lowest BCUT2D eigenvalue weighted by atomic mass is 10.0. The van der Waals surface area contributed by atoms with Crippen LogP contribution in [0.2, 0.25) is 0 Å². The van der Waals surface area contributed by atoms with Crippen LogP contribution in [0.5, 0.6) is 0 Å². The van der Waals surface area contributed by atoms with Gasteiger partial charge in [0.25, 0.3) is 0 Å². The van der Waals surface area contributed by atoms with Crippen LogP contribution in [0.25, 0.3) is 0 Å². The van der Waals surface area contributed by atoms with Gasteiger partial charge in [-0.1, -0.05) is 13.8 Å². The van der Waals surface area contributed by atoms with Gasteiger partial charge in [-0.2, -0.15) is 0 Å². The van der Waals surface area contributed by atoms with E-state index in [1.807, 2.05) is 13.8 Å². The van der Waals surface area contributed by atoms with Gasteiger partial charge in [-0.3, -0.25) is 5.32 Å². The van der Waals surface area contributed by atoms with Gasteiger partial charge in [-0.25, -0.2) is 9.59 Å². The molecule has 0 fully saturated rings. The molecule has 0 bridgehead atoms. The second-order valence-corrected chi connectivity index (χ2v) is 5.00. The number of rotatable bonds is 5. The minimum Gasteiger partial charge on any atom is -0.480 e. The predicted molar refractivity (Wildman–Crippen MR) is 69.4 cm³/mol. The lowest BCUT2D eigenvalue weighted by Gasteiger charge is -2.16. The van der Waals surface area contributed by atoms with E-state index in [0.717, 1.165) is 0 Å². The highest BCUT2D eigenvalue weighted by Gasteiger charge is 2.21. The van der Waals surface area contributed by atoms with Crippen molar-refractivity contribution in [3.8, 4) is 0 Å². The average molecular weight is 319 g/mol. The molecule has 1 heterocycles. The molecule has 3 N–H and O–H groups in total. The predicted octanol–water partition coefficient (Wildman–Crippen LogP) is 2.66. The molecule has 0 saturated carbocycles. The fourth-order valence-corrected chi connectivity index (χ4v) is 1.69. The van der Waals surface area contributed by atoms with Crippen LogP contribution in [0.3, 0.4) is 0 Å². The van der Waals surface area contributed by atoms with Crippen molar-refractivity contribution in [2.24, 2.45) is 5.92 Å². The first kappa shape index (κ1) is 14.6. The van der Waals surface area contributed by atoms with E-state index >= 15 is 0 Å². The molecule has 2 amide bonds. The van der Waals surface area contributed by atoms with E-state index in [1.165, 1.54) is 0 Å². The molecule has 7 heteroatoms. The Morgan fingerprint density at radius 1 is 1.44 bits per heavy atom. The van der Waals surface area contributed by atoms with E-state index in [0.29, 0.717) is 11.1 Å². The Kier molecular flexibility index (Phi) is 5.21. The van der Waals surface area contributed by atoms with Crippen molar-refractivity contribution >= 4 is 33.8 Å². The zero-order valence-corrected chi connectivity index (χ0v) is 11.7. The third-order valence-electron chi connectivity index (χ3n) is 2.12. The van der Waals surface area contributed by atoms with Crippen LogP contribution < -0.4 is 10.6 Å². The molecule has 18 heavy (non-hydrogen) atoms. The topological polar surface area (TPSA) is 91.6 Å². The highest BCUT2D eigenvalue weighted by atomic mass is 79.9. The summed E-state index contributed by atoms with van der Waals surface area (Å²) in [5.74, 6) is -0.642. The van der Waals surface area contributed by atoms with Crippen molar-refractivity contribution in [3.63, 3.8) is 0 Å². The number of hydrogen-bond acceptors (Lipinski definition) is 3. The molecule has 1 atom stereocenters. The second kappa shape index (κ2) is 6.44. The van der Waals surface area contributed by atoms with Gasteiger partial charge in [0.2, 0.25) is 5.88 Å². The number of aliphatic carboxylic acids is 1. The Morgan fingerprint density at radius 3 is 2.56 bits per heavy atom. The zero-order chi connectivity index (χ0) is 13.7. The molecule has 0 aromatic carbocycles. The fourth-order valence-electron chi connectivity index (χ4n) is 1.38. The molecule has 6 nitrogen and oxygen atoms in total. The zero-order valence-electron chi connectivity index (χ0n) is 10.1. The van der Waals surface area contributed by atoms with Crippen molar-refractivity contribution < 1.29 is 19.1 Å². The summed E-state index contributed by atoms with van der Waals surface area (Å²) in [6.07, 6.45) is 0.366. The normalized spacial score (nSPS) is 12.2. The van der Waals surface area contributed by atoms with Crippen molar-refractivity contribution in [2.45, 2.75) is 26.3 Å². The number of amides is 2. The molecule has 0 aliphatic rings. The largest absolute Gasteiger partial charge is 0.480 e. The van der Waals surface area contributed by atoms with Crippen molar-refractivity contribution in [1.29, 1.82) is 0 Å². The maximum Gasteiger partial charge on any atom is 0.326 e. The van der Waals surface area contributed by atoms with Crippen molar-refractivity contribution in [2.75, 3.05) is 5.32 Å². The van der Waals surface area contributed by atoms with Crippen LogP contribution in [0.1, 0.15) is 20.3 Å². The van der Waals surface area contributed by atoms with E-state index in [2.05, 4.69) is 26.6 Å². The third kappa shape index (κ3) is 4.79. The number of urea groups is 1. The second-order valence-electron chi connectivity index (χ2n) is 4.22. The smallest absolute Gasteiger partial charge is 0.326 e. The minimum absolute atomic E-state index is 0.171. The van der Waals surface area contributed by atoms with Crippen LogP contribution in [-0.4, -0.2) is 23.1 Å². The van der Waals surface area contributed by atoms with Gasteiger partial charge in [0.1, 0.15) is 6.04 Å². The summed E-state index contributed by atoms with van der Waals surface area (Å²) in [5, 5.41) is 13.8. The van der Waals surface area contributed by atoms with Gasteiger partial charge in [-0.15, -0.1) is 0 Å². The molecule has 0 spiro atoms. The Morgan fingerprint density at radius 2 is 2.11 bits per heavy atom. The highest BCUT2D eigenvalue weighted by molar-refractivity contribution is 9.10.